The first kappa shape index (κ1) is 13.8. The van der Waals surface area contributed by atoms with Crippen LogP contribution in [0.1, 0.15) is 16.8 Å². The van der Waals surface area contributed by atoms with E-state index in [1.54, 1.807) is 11.3 Å². The number of nitrogens with zero attached hydrogens (tertiary/aromatic N) is 2. The zero-order valence-corrected chi connectivity index (χ0v) is 13.8. The molecule has 104 valence electrons. The molecule has 0 aliphatic heterocycles. The molecule has 4 heteroatoms. The molecule has 1 atom stereocenters. The summed E-state index contributed by atoms with van der Waals surface area (Å²) in [5.41, 5.74) is 3.91. The number of rotatable bonds is 5. The molecule has 2 aromatic heterocycles. The standard InChI is InChI=1S/C16H17BrN2S/c1-12-2-4-13(5-3-12)8-14(10-17)9-15-11-19-6-7-20-16(19)18-15/h2-7,11,14H,8-10H2,1H3. The molecule has 0 saturated carbocycles. The topological polar surface area (TPSA) is 17.3 Å². The van der Waals surface area contributed by atoms with Crippen LogP contribution in [-0.2, 0) is 12.8 Å². The van der Waals surface area contributed by atoms with Crippen molar-refractivity contribution in [3.63, 3.8) is 0 Å². The van der Waals surface area contributed by atoms with Gasteiger partial charge in [-0.2, -0.15) is 0 Å². The summed E-state index contributed by atoms with van der Waals surface area (Å²) in [5, 5.41) is 3.08. The van der Waals surface area contributed by atoms with Crippen molar-refractivity contribution in [3.05, 3.63) is 58.9 Å². The highest BCUT2D eigenvalue weighted by Crippen LogP contribution is 2.19. The maximum Gasteiger partial charge on any atom is 0.193 e. The molecule has 3 rings (SSSR count). The van der Waals surface area contributed by atoms with Gasteiger partial charge in [0, 0.05) is 23.1 Å². The third kappa shape index (κ3) is 3.13. The van der Waals surface area contributed by atoms with Crippen molar-refractivity contribution in [1.29, 1.82) is 0 Å². The van der Waals surface area contributed by atoms with Crippen LogP contribution in [0.3, 0.4) is 0 Å². The van der Waals surface area contributed by atoms with E-state index in [2.05, 4.69) is 74.3 Å². The first-order chi connectivity index (χ1) is 9.74. The summed E-state index contributed by atoms with van der Waals surface area (Å²) in [6.45, 7) is 2.13. The monoisotopic (exact) mass is 348 g/mol. The van der Waals surface area contributed by atoms with Gasteiger partial charge in [-0.1, -0.05) is 45.8 Å². The first-order valence-electron chi connectivity index (χ1n) is 6.77. The van der Waals surface area contributed by atoms with Gasteiger partial charge in [-0.3, -0.25) is 4.40 Å². The molecule has 0 amide bonds. The van der Waals surface area contributed by atoms with Gasteiger partial charge in [0.15, 0.2) is 4.96 Å². The first-order valence-corrected chi connectivity index (χ1v) is 8.77. The molecule has 2 nitrogen and oxygen atoms in total. The van der Waals surface area contributed by atoms with Gasteiger partial charge < -0.3 is 0 Å². The van der Waals surface area contributed by atoms with E-state index in [0.29, 0.717) is 5.92 Å². The van der Waals surface area contributed by atoms with Crippen LogP contribution in [0.2, 0.25) is 0 Å². The van der Waals surface area contributed by atoms with Crippen LogP contribution in [-0.4, -0.2) is 14.7 Å². The Bertz CT molecular complexity index is 655. The molecule has 0 spiro atoms. The summed E-state index contributed by atoms with van der Waals surface area (Å²) in [5.74, 6) is 0.585. The number of alkyl halides is 1. The normalized spacial score (nSPS) is 12.9. The molecule has 2 heterocycles. The lowest BCUT2D eigenvalue weighted by atomic mass is 9.96. The molecule has 1 unspecified atom stereocenters. The summed E-state index contributed by atoms with van der Waals surface area (Å²) in [6, 6.07) is 8.84. The minimum absolute atomic E-state index is 0.585. The lowest BCUT2D eigenvalue weighted by molar-refractivity contribution is 0.584. The average Bonchev–Trinajstić information content (AvgIpc) is 3.01. The van der Waals surface area contributed by atoms with Crippen LogP contribution in [0, 0.1) is 12.8 Å². The second kappa shape index (κ2) is 6.10. The van der Waals surface area contributed by atoms with Crippen LogP contribution in [0.4, 0.5) is 0 Å². The Balaban J connectivity index is 1.70. The number of fused-ring (bicyclic) bond motifs is 1. The molecule has 0 aliphatic carbocycles. The van der Waals surface area contributed by atoms with Gasteiger partial charge in [-0.05, 0) is 31.2 Å². The number of thiazole rings is 1. The van der Waals surface area contributed by atoms with Crippen LogP contribution in [0.25, 0.3) is 4.96 Å². The van der Waals surface area contributed by atoms with Gasteiger partial charge in [0.1, 0.15) is 0 Å². The molecule has 0 saturated heterocycles. The average molecular weight is 349 g/mol. The second-order valence-corrected chi connectivity index (χ2v) is 6.76. The van der Waals surface area contributed by atoms with Crippen LogP contribution < -0.4 is 0 Å². The highest BCUT2D eigenvalue weighted by Gasteiger charge is 2.12. The van der Waals surface area contributed by atoms with Gasteiger partial charge in [-0.15, -0.1) is 11.3 Å². The van der Waals surface area contributed by atoms with E-state index in [4.69, 9.17) is 0 Å². The summed E-state index contributed by atoms with van der Waals surface area (Å²) >= 11 is 5.34. The number of aromatic nitrogens is 2. The Hall–Kier alpha value is -1.13. The molecule has 0 N–H and O–H groups in total. The highest BCUT2D eigenvalue weighted by molar-refractivity contribution is 9.09. The summed E-state index contributed by atoms with van der Waals surface area (Å²) in [7, 11) is 0. The zero-order valence-electron chi connectivity index (χ0n) is 11.4. The minimum Gasteiger partial charge on any atom is -0.297 e. The number of halogens is 1. The smallest absolute Gasteiger partial charge is 0.193 e. The Morgan fingerprint density at radius 2 is 2.05 bits per heavy atom. The van der Waals surface area contributed by atoms with E-state index in [0.717, 1.165) is 23.1 Å². The predicted octanol–water partition coefficient (Wildman–Crippen LogP) is 4.50. The van der Waals surface area contributed by atoms with Crippen molar-refractivity contribution in [2.75, 3.05) is 5.33 Å². The van der Waals surface area contributed by atoms with Crippen LogP contribution in [0.5, 0.6) is 0 Å². The Morgan fingerprint density at radius 3 is 2.75 bits per heavy atom. The van der Waals surface area contributed by atoms with Crippen molar-refractivity contribution in [2.45, 2.75) is 19.8 Å². The molecule has 1 aromatic carbocycles. The van der Waals surface area contributed by atoms with E-state index >= 15 is 0 Å². The number of aryl methyl sites for hydroxylation is 1. The van der Waals surface area contributed by atoms with Gasteiger partial charge in [0.2, 0.25) is 0 Å². The number of hydrogen-bond acceptors (Lipinski definition) is 2. The SMILES string of the molecule is Cc1ccc(CC(CBr)Cc2cn3ccsc3n2)cc1. The van der Waals surface area contributed by atoms with E-state index in [1.807, 2.05) is 0 Å². The third-order valence-electron chi connectivity index (χ3n) is 3.50. The van der Waals surface area contributed by atoms with E-state index in [-0.39, 0.29) is 0 Å². The number of imidazole rings is 1. The Kier molecular flexibility index (Phi) is 4.22. The molecular formula is C16H17BrN2S. The third-order valence-corrected chi connectivity index (χ3v) is 5.19. The fourth-order valence-electron chi connectivity index (χ4n) is 2.41. The maximum atomic E-state index is 4.68. The lowest BCUT2D eigenvalue weighted by Gasteiger charge is -2.12. The highest BCUT2D eigenvalue weighted by atomic mass is 79.9. The van der Waals surface area contributed by atoms with Crippen molar-refractivity contribution in [1.82, 2.24) is 9.38 Å². The molecule has 0 radical (unpaired) electrons. The molecule has 0 bridgehead atoms. The van der Waals surface area contributed by atoms with E-state index < -0.39 is 0 Å². The Morgan fingerprint density at radius 1 is 1.25 bits per heavy atom. The van der Waals surface area contributed by atoms with Crippen molar-refractivity contribution in [2.24, 2.45) is 5.92 Å². The van der Waals surface area contributed by atoms with Crippen molar-refractivity contribution >= 4 is 32.2 Å². The van der Waals surface area contributed by atoms with E-state index in [1.165, 1.54) is 16.8 Å². The quantitative estimate of drug-likeness (QED) is 0.620. The van der Waals surface area contributed by atoms with Gasteiger partial charge in [0.25, 0.3) is 0 Å². The maximum absolute atomic E-state index is 4.68. The zero-order chi connectivity index (χ0) is 13.9. The molecular weight excluding hydrogens is 332 g/mol. The summed E-state index contributed by atoms with van der Waals surface area (Å²) in [4.78, 5) is 5.76. The van der Waals surface area contributed by atoms with E-state index in [9.17, 15) is 0 Å². The summed E-state index contributed by atoms with van der Waals surface area (Å²) in [6.07, 6.45) is 6.33. The van der Waals surface area contributed by atoms with Crippen molar-refractivity contribution < 1.29 is 0 Å². The van der Waals surface area contributed by atoms with Gasteiger partial charge in [-0.25, -0.2) is 4.98 Å². The number of hydrogen-bond donors (Lipinski definition) is 0. The largest absolute Gasteiger partial charge is 0.297 e. The molecule has 3 aromatic rings. The molecule has 0 aliphatic rings. The number of benzene rings is 1. The fourth-order valence-corrected chi connectivity index (χ4v) is 3.59. The molecule has 0 fully saturated rings. The van der Waals surface area contributed by atoms with Gasteiger partial charge in [0.05, 0.1) is 5.69 Å². The Labute approximate surface area is 131 Å². The minimum atomic E-state index is 0.585. The fraction of sp³-hybridized carbons (Fsp3) is 0.312. The van der Waals surface area contributed by atoms with Gasteiger partial charge >= 0.3 is 0 Å². The second-order valence-electron chi connectivity index (χ2n) is 5.24. The van der Waals surface area contributed by atoms with Crippen molar-refractivity contribution in [3.8, 4) is 0 Å². The van der Waals surface area contributed by atoms with Crippen LogP contribution >= 0.6 is 27.3 Å². The summed E-state index contributed by atoms with van der Waals surface area (Å²) < 4.78 is 2.11. The molecule has 20 heavy (non-hydrogen) atoms. The van der Waals surface area contributed by atoms with Crippen LogP contribution in [0.15, 0.2) is 42.0 Å². The predicted molar refractivity (Wildman–Crippen MR) is 88.9 cm³/mol. The lowest BCUT2D eigenvalue weighted by Crippen LogP contribution is -2.10.